The van der Waals surface area contributed by atoms with E-state index in [2.05, 4.69) is 5.32 Å². The molecule has 0 spiro atoms. The Labute approximate surface area is 128 Å². The van der Waals surface area contributed by atoms with Gasteiger partial charge in [-0.15, -0.1) is 0 Å². The quantitative estimate of drug-likeness (QED) is 0.752. The maximum absolute atomic E-state index is 11.8. The minimum atomic E-state index is -0.966. The highest BCUT2D eigenvalue weighted by Crippen LogP contribution is 2.35. The molecule has 0 aromatic carbocycles. The average molecular weight is 301 g/mol. The van der Waals surface area contributed by atoms with Crippen LogP contribution in [0.5, 0.6) is 0 Å². The molecule has 124 valence electrons. The van der Waals surface area contributed by atoms with Gasteiger partial charge >= 0.3 is 12.1 Å². The van der Waals surface area contributed by atoms with Gasteiger partial charge in [-0.25, -0.2) is 4.79 Å². The largest absolute Gasteiger partial charge is 0.481 e. The third kappa shape index (κ3) is 6.36. The lowest BCUT2D eigenvalue weighted by Crippen LogP contribution is -2.48. The van der Waals surface area contributed by atoms with Gasteiger partial charge in [0.25, 0.3) is 0 Å². The van der Waals surface area contributed by atoms with Gasteiger partial charge in [0.15, 0.2) is 0 Å². The molecule has 2 N–H and O–H groups in total. The molecule has 0 aliphatic carbocycles. The lowest BCUT2D eigenvalue weighted by Gasteiger charge is -2.35. The summed E-state index contributed by atoms with van der Waals surface area (Å²) in [4.78, 5) is 23.6. The summed E-state index contributed by atoms with van der Waals surface area (Å²) in [6, 6.07) is 0. The first-order chi connectivity index (χ1) is 9.44. The van der Waals surface area contributed by atoms with Crippen LogP contribution in [0.4, 0.5) is 4.79 Å². The molecule has 0 aromatic rings. The van der Waals surface area contributed by atoms with E-state index in [1.807, 2.05) is 27.7 Å². The van der Waals surface area contributed by atoms with Crippen LogP contribution in [-0.4, -0.2) is 29.3 Å². The Kier molecular flexibility index (Phi) is 7.20. The van der Waals surface area contributed by atoms with Crippen LogP contribution in [0.15, 0.2) is 0 Å². The van der Waals surface area contributed by atoms with Gasteiger partial charge in [0.2, 0.25) is 0 Å². The molecule has 5 nitrogen and oxygen atoms in total. The third-order valence-corrected chi connectivity index (χ3v) is 3.89. The SMILES string of the molecule is CCC(C)CC(CNC(=O)OC(C)(C)C)(C(=O)O)C(C)C. The number of carbonyl (C=O) groups excluding carboxylic acids is 1. The Hall–Kier alpha value is -1.26. The van der Waals surface area contributed by atoms with Gasteiger partial charge in [-0.05, 0) is 39.0 Å². The maximum Gasteiger partial charge on any atom is 0.407 e. The van der Waals surface area contributed by atoms with Gasteiger partial charge in [0, 0.05) is 6.54 Å². The molecule has 0 aromatic heterocycles. The number of carbonyl (C=O) groups is 2. The van der Waals surface area contributed by atoms with Crippen LogP contribution < -0.4 is 5.32 Å². The first-order valence-electron chi connectivity index (χ1n) is 7.65. The zero-order chi connectivity index (χ0) is 16.8. The molecular weight excluding hydrogens is 270 g/mol. The van der Waals surface area contributed by atoms with Crippen molar-refractivity contribution in [2.24, 2.45) is 17.3 Å². The smallest absolute Gasteiger partial charge is 0.407 e. The van der Waals surface area contributed by atoms with Gasteiger partial charge in [0.05, 0.1) is 5.41 Å². The molecule has 2 unspecified atom stereocenters. The zero-order valence-electron chi connectivity index (χ0n) is 14.4. The fraction of sp³-hybridized carbons (Fsp3) is 0.875. The standard InChI is InChI=1S/C16H31NO4/c1-8-12(4)9-16(11(2)3,13(18)19)10-17-14(20)21-15(5,6)7/h11-12H,8-10H2,1-7H3,(H,17,20)(H,18,19). The van der Waals surface area contributed by atoms with Crippen molar-refractivity contribution < 1.29 is 19.4 Å². The Morgan fingerprint density at radius 2 is 1.71 bits per heavy atom. The first kappa shape index (κ1) is 19.7. The van der Waals surface area contributed by atoms with Crippen LogP contribution >= 0.6 is 0 Å². The number of ether oxygens (including phenoxy) is 1. The second-order valence-corrected chi connectivity index (χ2v) is 7.19. The number of aliphatic carboxylic acids is 1. The van der Waals surface area contributed by atoms with E-state index in [1.165, 1.54) is 0 Å². The summed E-state index contributed by atoms with van der Waals surface area (Å²) in [6.45, 7) is 13.3. The van der Waals surface area contributed by atoms with Crippen molar-refractivity contribution in [1.82, 2.24) is 5.32 Å². The lowest BCUT2D eigenvalue weighted by atomic mass is 9.71. The number of nitrogens with one attached hydrogen (secondary N) is 1. The van der Waals surface area contributed by atoms with E-state index in [1.54, 1.807) is 20.8 Å². The monoisotopic (exact) mass is 301 g/mol. The average Bonchev–Trinajstić information content (AvgIpc) is 2.31. The van der Waals surface area contributed by atoms with Gasteiger partial charge in [-0.2, -0.15) is 0 Å². The van der Waals surface area contributed by atoms with Crippen LogP contribution in [0.3, 0.4) is 0 Å². The second kappa shape index (κ2) is 7.66. The Balaban J connectivity index is 4.99. The molecule has 0 heterocycles. The van der Waals surface area contributed by atoms with Crippen molar-refractivity contribution >= 4 is 12.1 Å². The summed E-state index contributed by atoms with van der Waals surface area (Å²) >= 11 is 0. The molecule has 0 saturated carbocycles. The molecule has 1 amide bonds. The molecule has 0 fully saturated rings. The zero-order valence-corrected chi connectivity index (χ0v) is 14.4. The van der Waals surface area contributed by atoms with E-state index >= 15 is 0 Å². The number of amides is 1. The topological polar surface area (TPSA) is 75.6 Å². The summed E-state index contributed by atoms with van der Waals surface area (Å²) in [6.07, 6.45) is 0.874. The molecule has 5 heteroatoms. The number of rotatable bonds is 7. The van der Waals surface area contributed by atoms with Crippen molar-refractivity contribution in [3.8, 4) is 0 Å². The molecule has 0 bridgehead atoms. The Morgan fingerprint density at radius 3 is 2.05 bits per heavy atom. The predicted molar refractivity (Wildman–Crippen MR) is 83.2 cm³/mol. The summed E-state index contributed by atoms with van der Waals surface area (Å²) in [5.74, 6) is -0.670. The minimum Gasteiger partial charge on any atom is -0.481 e. The fourth-order valence-corrected chi connectivity index (χ4v) is 2.23. The fourth-order valence-electron chi connectivity index (χ4n) is 2.23. The molecule has 0 aliphatic heterocycles. The normalized spacial score (nSPS) is 16.2. The number of alkyl carbamates (subject to hydrolysis) is 1. The Bertz CT molecular complexity index is 360. The Morgan fingerprint density at radius 1 is 1.19 bits per heavy atom. The molecule has 0 aliphatic rings. The third-order valence-electron chi connectivity index (χ3n) is 3.89. The van der Waals surface area contributed by atoms with E-state index < -0.39 is 23.1 Å². The van der Waals surface area contributed by atoms with E-state index in [-0.39, 0.29) is 18.4 Å². The first-order valence-corrected chi connectivity index (χ1v) is 7.65. The summed E-state index contributed by atoms with van der Waals surface area (Å²) in [7, 11) is 0. The van der Waals surface area contributed by atoms with E-state index in [9.17, 15) is 14.7 Å². The highest BCUT2D eigenvalue weighted by atomic mass is 16.6. The van der Waals surface area contributed by atoms with Crippen molar-refractivity contribution in [1.29, 1.82) is 0 Å². The van der Waals surface area contributed by atoms with Crippen molar-refractivity contribution in [3.05, 3.63) is 0 Å². The number of carboxylic acids is 1. The maximum atomic E-state index is 11.8. The lowest BCUT2D eigenvalue weighted by molar-refractivity contribution is -0.153. The molecular formula is C16H31NO4. The molecule has 0 rings (SSSR count). The van der Waals surface area contributed by atoms with E-state index in [0.717, 1.165) is 6.42 Å². The van der Waals surface area contributed by atoms with Gasteiger partial charge in [-0.1, -0.05) is 34.1 Å². The molecule has 21 heavy (non-hydrogen) atoms. The minimum absolute atomic E-state index is 0.0826. The van der Waals surface area contributed by atoms with Crippen LogP contribution in [0, 0.1) is 17.3 Å². The number of hydrogen-bond acceptors (Lipinski definition) is 3. The summed E-state index contributed by atoms with van der Waals surface area (Å²) in [5, 5.41) is 12.3. The van der Waals surface area contributed by atoms with E-state index in [0.29, 0.717) is 6.42 Å². The highest BCUT2D eigenvalue weighted by molar-refractivity contribution is 5.77. The van der Waals surface area contributed by atoms with Crippen LogP contribution in [0.2, 0.25) is 0 Å². The molecule has 0 radical (unpaired) electrons. The van der Waals surface area contributed by atoms with Crippen LogP contribution in [0.25, 0.3) is 0 Å². The predicted octanol–water partition coefficient (Wildman–Crippen LogP) is 3.67. The number of carboxylic acid groups (broad SMARTS) is 1. The molecule has 2 atom stereocenters. The highest BCUT2D eigenvalue weighted by Gasteiger charge is 2.43. The molecule has 0 saturated heterocycles. The summed E-state index contributed by atoms with van der Waals surface area (Å²) in [5.41, 5.74) is -1.56. The van der Waals surface area contributed by atoms with Crippen molar-refractivity contribution in [2.75, 3.05) is 6.54 Å². The second-order valence-electron chi connectivity index (χ2n) is 7.19. The van der Waals surface area contributed by atoms with Crippen LogP contribution in [-0.2, 0) is 9.53 Å². The van der Waals surface area contributed by atoms with Gasteiger partial charge < -0.3 is 15.2 Å². The van der Waals surface area contributed by atoms with E-state index in [4.69, 9.17) is 4.74 Å². The van der Waals surface area contributed by atoms with Gasteiger partial charge in [0.1, 0.15) is 5.60 Å². The van der Waals surface area contributed by atoms with Crippen molar-refractivity contribution in [2.45, 2.75) is 66.9 Å². The van der Waals surface area contributed by atoms with Crippen LogP contribution in [0.1, 0.15) is 61.3 Å². The van der Waals surface area contributed by atoms with Crippen molar-refractivity contribution in [3.63, 3.8) is 0 Å². The number of hydrogen-bond donors (Lipinski definition) is 2. The van der Waals surface area contributed by atoms with Gasteiger partial charge in [-0.3, -0.25) is 4.79 Å². The summed E-state index contributed by atoms with van der Waals surface area (Å²) < 4.78 is 5.18.